The van der Waals surface area contributed by atoms with Crippen LogP contribution in [-0.4, -0.2) is 43.6 Å². The highest BCUT2D eigenvalue weighted by molar-refractivity contribution is 5.85. The Morgan fingerprint density at radius 3 is 2.00 bits per heavy atom. The number of alkyl halides is 6. The summed E-state index contributed by atoms with van der Waals surface area (Å²) in [7, 11) is 0. The van der Waals surface area contributed by atoms with Crippen LogP contribution >= 0.6 is 24.8 Å². The van der Waals surface area contributed by atoms with Gasteiger partial charge in [0.1, 0.15) is 6.04 Å². The first kappa shape index (κ1) is 24.0. The molecule has 1 aliphatic heterocycles. The van der Waals surface area contributed by atoms with E-state index in [2.05, 4.69) is 10.1 Å². The lowest BCUT2D eigenvalue weighted by molar-refractivity contribution is -0.275. The number of hydrogen-bond donors (Lipinski definition) is 1. The van der Waals surface area contributed by atoms with Crippen molar-refractivity contribution >= 4 is 24.8 Å². The van der Waals surface area contributed by atoms with Gasteiger partial charge in [-0.3, -0.25) is 4.90 Å². The quantitative estimate of drug-likeness (QED) is 0.748. The van der Waals surface area contributed by atoms with Gasteiger partial charge in [0.15, 0.2) is 11.6 Å². The van der Waals surface area contributed by atoms with E-state index in [-0.39, 0.29) is 37.9 Å². The van der Waals surface area contributed by atoms with Crippen LogP contribution < -0.4 is 10.1 Å². The Hall–Kier alpha value is -0.970. The topological polar surface area (TPSA) is 24.5 Å². The van der Waals surface area contributed by atoms with Crippen molar-refractivity contribution in [3.8, 4) is 5.75 Å². The minimum Gasteiger partial charge on any atom is -0.403 e. The maximum absolute atomic E-state index is 13.7. The molecule has 0 unspecified atom stereocenters. The normalized spacial score (nSPS) is 17.2. The molecule has 1 aromatic carbocycles. The van der Waals surface area contributed by atoms with Gasteiger partial charge in [-0.1, -0.05) is 6.07 Å². The zero-order valence-corrected chi connectivity index (χ0v) is 14.1. The molecule has 1 atom stereocenters. The van der Waals surface area contributed by atoms with Crippen LogP contribution in [0.1, 0.15) is 11.6 Å². The fourth-order valence-electron chi connectivity index (χ4n) is 2.44. The molecule has 0 aliphatic carbocycles. The minimum atomic E-state index is -5.12. The molecule has 1 aliphatic rings. The lowest BCUT2D eigenvalue weighted by Gasteiger charge is -2.36. The van der Waals surface area contributed by atoms with Crippen LogP contribution in [0.5, 0.6) is 5.75 Å². The van der Waals surface area contributed by atoms with Crippen LogP contribution in [0, 0.1) is 5.82 Å². The summed E-state index contributed by atoms with van der Waals surface area (Å²) in [6.45, 7) is 0.855. The van der Waals surface area contributed by atoms with Crippen molar-refractivity contribution < 1.29 is 35.5 Å². The van der Waals surface area contributed by atoms with E-state index in [1.54, 1.807) is 0 Å². The molecule has 0 saturated carbocycles. The molecule has 1 saturated heterocycles. The third-order valence-corrected chi connectivity index (χ3v) is 3.32. The van der Waals surface area contributed by atoms with Crippen LogP contribution in [0.2, 0.25) is 0 Å². The maximum atomic E-state index is 13.7. The minimum absolute atomic E-state index is 0. The monoisotopic (exact) mass is 418 g/mol. The van der Waals surface area contributed by atoms with Crippen molar-refractivity contribution in [1.82, 2.24) is 10.2 Å². The summed E-state index contributed by atoms with van der Waals surface area (Å²) in [5.74, 6) is -2.66. The number of halogens is 9. The fourth-order valence-corrected chi connectivity index (χ4v) is 2.44. The SMILES string of the molecule is Cl.Cl.Fc1cc([C@H](N2CCNCC2)C(F)(F)F)ccc1OC(F)(F)F. The molecule has 3 nitrogen and oxygen atoms in total. The van der Waals surface area contributed by atoms with Crippen LogP contribution in [0.4, 0.5) is 30.7 Å². The van der Waals surface area contributed by atoms with Crippen molar-refractivity contribution in [2.45, 2.75) is 18.6 Å². The van der Waals surface area contributed by atoms with Gasteiger partial charge in [-0.25, -0.2) is 4.39 Å². The second-order valence-corrected chi connectivity index (χ2v) is 4.97. The highest BCUT2D eigenvalue weighted by Crippen LogP contribution is 2.39. The first-order valence-electron chi connectivity index (χ1n) is 6.64. The summed E-state index contributed by atoms with van der Waals surface area (Å²) in [6.07, 6.45) is -9.81. The van der Waals surface area contributed by atoms with Crippen LogP contribution in [0.3, 0.4) is 0 Å². The van der Waals surface area contributed by atoms with Crippen molar-refractivity contribution in [1.29, 1.82) is 0 Å². The Balaban J connectivity index is 0.00000288. The average Bonchev–Trinajstić information content (AvgIpc) is 2.40. The molecule has 0 bridgehead atoms. The lowest BCUT2D eigenvalue weighted by Crippen LogP contribution is -2.49. The summed E-state index contributed by atoms with van der Waals surface area (Å²) >= 11 is 0. The highest BCUT2D eigenvalue weighted by Gasteiger charge is 2.45. The first-order chi connectivity index (χ1) is 10.6. The molecule has 1 aromatic rings. The van der Waals surface area contributed by atoms with Crippen molar-refractivity contribution in [2.24, 2.45) is 0 Å². The van der Waals surface area contributed by atoms with Gasteiger partial charge in [-0.05, 0) is 17.7 Å². The van der Waals surface area contributed by atoms with Gasteiger partial charge in [0.2, 0.25) is 0 Å². The lowest BCUT2D eigenvalue weighted by atomic mass is 10.0. The molecular formula is C13H15Cl2F7N2O. The summed E-state index contributed by atoms with van der Waals surface area (Å²) in [4.78, 5) is 1.11. The van der Waals surface area contributed by atoms with Crippen LogP contribution in [-0.2, 0) is 0 Å². The van der Waals surface area contributed by atoms with E-state index >= 15 is 0 Å². The standard InChI is InChI=1S/C13H13F7N2O.2ClH/c14-9-7-8(1-2-10(9)23-13(18,19)20)11(12(15,16)17)22-5-3-21-4-6-22;;/h1-2,7,11,21H,3-6H2;2*1H/t11-;;/m0../s1. The van der Waals surface area contributed by atoms with Crippen LogP contribution in [0.15, 0.2) is 18.2 Å². The largest absolute Gasteiger partial charge is 0.573 e. The van der Waals surface area contributed by atoms with Gasteiger partial charge < -0.3 is 10.1 Å². The molecule has 25 heavy (non-hydrogen) atoms. The molecular weight excluding hydrogens is 404 g/mol. The van der Waals surface area contributed by atoms with E-state index in [0.29, 0.717) is 25.2 Å². The summed E-state index contributed by atoms with van der Waals surface area (Å²) in [6, 6.07) is -0.302. The predicted molar refractivity (Wildman–Crippen MR) is 80.8 cm³/mol. The number of benzene rings is 1. The maximum Gasteiger partial charge on any atom is 0.573 e. The number of rotatable bonds is 3. The van der Waals surface area contributed by atoms with E-state index in [1.165, 1.54) is 0 Å². The molecule has 146 valence electrons. The molecule has 1 N–H and O–H groups in total. The molecule has 2 rings (SSSR count). The second kappa shape index (κ2) is 9.11. The molecule has 0 radical (unpaired) electrons. The van der Waals surface area contributed by atoms with E-state index < -0.39 is 35.7 Å². The third kappa shape index (κ3) is 6.69. The second-order valence-electron chi connectivity index (χ2n) is 4.97. The number of piperazine rings is 1. The molecule has 12 heteroatoms. The summed E-state index contributed by atoms with van der Waals surface area (Å²) < 4.78 is 93.2. The Labute approximate surface area is 151 Å². The Kier molecular flexibility index (Phi) is 8.76. The van der Waals surface area contributed by atoms with Gasteiger partial charge in [-0.15, -0.1) is 38.0 Å². The summed E-state index contributed by atoms with van der Waals surface area (Å²) in [5, 5.41) is 2.89. The molecule has 1 fully saturated rings. The molecule has 0 aromatic heterocycles. The smallest absolute Gasteiger partial charge is 0.403 e. The van der Waals surface area contributed by atoms with Gasteiger partial charge in [-0.2, -0.15) is 13.2 Å². The van der Waals surface area contributed by atoms with Crippen LogP contribution in [0.25, 0.3) is 0 Å². The zero-order chi connectivity index (χ0) is 17.3. The number of nitrogens with one attached hydrogen (secondary N) is 1. The zero-order valence-electron chi connectivity index (χ0n) is 12.5. The van der Waals surface area contributed by atoms with Gasteiger partial charge in [0, 0.05) is 26.2 Å². The number of hydrogen-bond acceptors (Lipinski definition) is 3. The molecule has 0 spiro atoms. The Morgan fingerprint density at radius 1 is 1.00 bits per heavy atom. The first-order valence-corrected chi connectivity index (χ1v) is 6.64. The predicted octanol–water partition coefficient (Wildman–Crippen LogP) is 4.08. The molecule has 1 heterocycles. The van der Waals surface area contributed by atoms with Crippen molar-refractivity contribution in [2.75, 3.05) is 26.2 Å². The Bertz CT molecular complexity index is 548. The molecule has 0 amide bonds. The van der Waals surface area contributed by atoms with Crippen molar-refractivity contribution in [3.63, 3.8) is 0 Å². The van der Waals surface area contributed by atoms with Gasteiger partial charge >= 0.3 is 12.5 Å². The fraction of sp³-hybridized carbons (Fsp3) is 0.538. The Morgan fingerprint density at radius 2 is 1.56 bits per heavy atom. The van der Waals surface area contributed by atoms with Crippen molar-refractivity contribution in [3.05, 3.63) is 29.6 Å². The highest BCUT2D eigenvalue weighted by atomic mass is 35.5. The van der Waals surface area contributed by atoms with Gasteiger partial charge in [0.05, 0.1) is 0 Å². The average molecular weight is 419 g/mol. The van der Waals surface area contributed by atoms with E-state index in [1.807, 2.05) is 0 Å². The van der Waals surface area contributed by atoms with E-state index in [0.717, 1.165) is 11.0 Å². The number of ether oxygens (including phenoxy) is 1. The van der Waals surface area contributed by atoms with E-state index in [4.69, 9.17) is 0 Å². The summed E-state index contributed by atoms with van der Waals surface area (Å²) in [5.41, 5.74) is -0.466. The third-order valence-electron chi connectivity index (χ3n) is 3.32. The van der Waals surface area contributed by atoms with E-state index in [9.17, 15) is 30.7 Å². The van der Waals surface area contributed by atoms with Gasteiger partial charge in [0.25, 0.3) is 0 Å². The number of nitrogens with zero attached hydrogens (tertiary/aromatic N) is 1.